The molecule has 28 heavy (non-hydrogen) atoms. The monoisotopic (exact) mass is 400 g/mol. The SMILES string of the molecule is C=C(OCC)/C(F)=C(/F)C(=C)C(C)CCC(C)COc1ccc(C)c(F)c1F. The van der Waals surface area contributed by atoms with Gasteiger partial charge in [0, 0.05) is 0 Å². The highest BCUT2D eigenvalue weighted by Crippen LogP contribution is 2.30. The summed E-state index contributed by atoms with van der Waals surface area (Å²) in [6.45, 7) is 14.1. The van der Waals surface area contributed by atoms with Crippen LogP contribution in [0.4, 0.5) is 17.6 Å². The van der Waals surface area contributed by atoms with Gasteiger partial charge in [-0.25, -0.2) is 8.78 Å². The lowest BCUT2D eigenvalue weighted by Gasteiger charge is -2.18. The molecule has 0 bridgehead atoms. The van der Waals surface area contributed by atoms with Gasteiger partial charge >= 0.3 is 0 Å². The third-order valence-corrected chi connectivity index (χ3v) is 4.49. The Balaban J connectivity index is 2.57. The fraction of sp³-hybridized carbons (Fsp3) is 0.455. The van der Waals surface area contributed by atoms with Crippen molar-refractivity contribution in [3.05, 3.63) is 65.5 Å². The van der Waals surface area contributed by atoms with Gasteiger partial charge in [0.15, 0.2) is 29.0 Å². The van der Waals surface area contributed by atoms with Crippen molar-refractivity contribution >= 4 is 0 Å². The Morgan fingerprint density at radius 1 is 1.04 bits per heavy atom. The van der Waals surface area contributed by atoms with E-state index in [0.717, 1.165) is 0 Å². The Bertz CT molecular complexity index is 740. The zero-order chi connectivity index (χ0) is 21.4. The smallest absolute Gasteiger partial charge is 0.200 e. The second-order valence-electron chi connectivity index (χ2n) is 6.91. The summed E-state index contributed by atoms with van der Waals surface area (Å²) < 4.78 is 65.7. The summed E-state index contributed by atoms with van der Waals surface area (Å²) in [7, 11) is 0. The molecular formula is C22H28F4O2. The average Bonchev–Trinajstić information content (AvgIpc) is 2.68. The molecule has 0 aliphatic heterocycles. The first-order chi connectivity index (χ1) is 13.1. The van der Waals surface area contributed by atoms with Crippen LogP contribution in [-0.2, 0) is 4.74 Å². The summed E-state index contributed by atoms with van der Waals surface area (Å²) in [5.74, 6) is -4.97. The number of halogens is 4. The molecule has 0 amide bonds. The van der Waals surface area contributed by atoms with Crippen LogP contribution in [0.5, 0.6) is 5.75 Å². The van der Waals surface area contributed by atoms with E-state index in [9.17, 15) is 17.6 Å². The molecular weight excluding hydrogens is 372 g/mol. The molecule has 2 nitrogen and oxygen atoms in total. The first-order valence-corrected chi connectivity index (χ1v) is 9.23. The van der Waals surface area contributed by atoms with Crippen LogP contribution in [0.25, 0.3) is 0 Å². The molecule has 156 valence electrons. The molecule has 0 fully saturated rings. The predicted molar refractivity (Wildman–Crippen MR) is 103 cm³/mol. The predicted octanol–water partition coefficient (Wildman–Crippen LogP) is 6.96. The minimum atomic E-state index is -1.15. The van der Waals surface area contributed by atoms with E-state index in [0.29, 0.717) is 12.8 Å². The molecule has 6 heteroatoms. The lowest BCUT2D eigenvalue weighted by atomic mass is 9.92. The van der Waals surface area contributed by atoms with E-state index < -0.39 is 23.3 Å². The number of allylic oxidation sites excluding steroid dienone is 3. The van der Waals surface area contributed by atoms with Gasteiger partial charge in [-0.2, -0.15) is 8.78 Å². The summed E-state index contributed by atoms with van der Waals surface area (Å²) in [5, 5.41) is 0. The van der Waals surface area contributed by atoms with Crippen LogP contribution in [-0.4, -0.2) is 13.2 Å². The van der Waals surface area contributed by atoms with Gasteiger partial charge in [0.05, 0.1) is 13.2 Å². The van der Waals surface area contributed by atoms with Gasteiger partial charge in [-0.3, -0.25) is 0 Å². The van der Waals surface area contributed by atoms with Crippen LogP contribution >= 0.6 is 0 Å². The number of hydrogen-bond donors (Lipinski definition) is 0. The minimum Gasteiger partial charge on any atom is -0.491 e. The molecule has 0 aliphatic carbocycles. The summed E-state index contributed by atoms with van der Waals surface area (Å²) in [5.41, 5.74) is 0.234. The van der Waals surface area contributed by atoms with E-state index in [4.69, 9.17) is 9.47 Å². The fourth-order valence-corrected chi connectivity index (χ4v) is 2.48. The maximum absolute atomic E-state index is 14.2. The Kier molecular flexibility index (Phi) is 9.29. The van der Waals surface area contributed by atoms with E-state index in [1.54, 1.807) is 13.8 Å². The van der Waals surface area contributed by atoms with Crippen molar-refractivity contribution in [2.24, 2.45) is 11.8 Å². The number of aryl methyl sites for hydroxylation is 1. The molecule has 1 aromatic rings. The molecule has 1 aromatic carbocycles. The van der Waals surface area contributed by atoms with Crippen molar-refractivity contribution in [2.45, 2.75) is 40.5 Å². The van der Waals surface area contributed by atoms with Crippen LogP contribution in [0, 0.1) is 30.4 Å². The molecule has 0 radical (unpaired) electrons. The minimum absolute atomic E-state index is 0.00529. The lowest BCUT2D eigenvalue weighted by Crippen LogP contribution is -2.12. The highest BCUT2D eigenvalue weighted by atomic mass is 19.2. The molecule has 0 aromatic heterocycles. The summed E-state index contributed by atoms with van der Waals surface area (Å²) in [6.07, 6.45) is 1.13. The maximum atomic E-state index is 14.2. The van der Waals surface area contributed by atoms with Crippen molar-refractivity contribution in [1.82, 2.24) is 0 Å². The molecule has 0 saturated carbocycles. The summed E-state index contributed by atoms with van der Waals surface area (Å²) in [4.78, 5) is 0. The van der Waals surface area contributed by atoms with Crippen LogP contribution in [0.2, 0.25) is 0 Å². The largest absolute Gasteiger partial charge is 0.491 e. The van der Waals surface area contributed by atoms with Crippen molar-refractivity contribution in [2.75, 3.05) is 13.2 Å². The molecule has 0 spiro atoms. The molecule has 1 rings (SSSR count). The Labute approximate surface area is 164 Å². The fourth-order valence-electron chi connectivity index (χ4n) is 2.48. The molecule has 2 unspecified atom stereocenters. The lowest BCUT2D eigenvalue weighted by molar-refractivity contribution is 0.223. The third kappa shape index (κ3) is 6.43. The van der Waals surface area contributed by atoms with Crippen molar-refractivity contribution in [3.8, 4) is 5.75 Å². The quantitative estimate of drug-likeness (QED) is 0.227. The van der Waals surface area contributed by atoms with Crippen LogP contribution in [0.1, 0.15) is 39.2 Å². The Morgan fingerprint density at radius 3 is 2.29 bits per heavy atom. The number of ether oxygens (including phenoxy) is 2. The van der Waals surface area contributed by atoms with Crippen LogP contribution < -0.4 is 4.74 Å². The number of benzene rings is 1. The van der Waals surface area contributed by atoms with Gasteiger partial charge in [-0.05, 0) is 55.7 Å². The molecule has 0 saturated heterocycles. The summed E-state index contributed by atoms with van der Waals surface area (Å²) >= 11 is 0. The highest BCUT2D eigenvalue weighted by molar-refractivity contribution is 5.33. The van der Waals surface area contributed by atoms with Crippen LogP contribution in [0.15, 0.2) is 48.3 Å². The van der Waals surface area contributed by atoms with Crippen molar-refractivity contribution in [3.63, 3.8) is 0 Å². The third-order valence-electron chi connectivity index (χ3n) is 4.49. The second kappa shape index (κ2) is 10.9. The van der Waals surface area contributed by atoms with E-state index in [2.05, 4.69) is 13.2 Å². The molecule has 2 atom stereocenters. The first kappa shape index (κ1) is 23.8. The van der Waals surface area contributed by atoms with Gasteiger partial charge in [0.2, 0.25) is 5.82 Å². The van der Waals surface area contributed by atoms with Crippen molar-refractivity contribution in [1.29, 1.82) is 0 Å². The average molecular weight is 400 g/mol. The number of rotatable bonds is 11. The van der Waals surface area contributed by atoms with Crippen molar-refractivity contribution < 1.29 is 27.0 Å². The number of hydrogen-bond acceptors (Lipinski definition) is 2. The van der Waals surface area contributed by atoms with Crippen LogP contribution in [0.3, 0.4) is 0 Å². The van der Waals surface area contributed by atoms with E-state index in [1.807, 2.05) is 6.92 Å². The van der Waals surface area contributed by atoms with Gasteiger partial charge in [0.25, 0.3) is 0 Å². The zero-order valence-electron chi connectivity index (χ0n) is 16.9. The van der Waals surface area contributed by atoms with E-state index in [1.165, 1.54) is 19.1 Å². The van der Waals surface area contributed by atoms with Gasteiger partial charge < -0.3 is 9.47 Å². The standard InChI is InChI=1S/C22H28F4O2/c1-7-27-17(6)21(25)20(24)16(5)14(3)9-8-13(2)12-28-18-11-10-15(4)19(23)22(18)26/h10-11,13-14H,5-9,12H2,1-4H3/b21-20-. The van der Waals surface area contributed by atoms with Gasteiger partial charge in [0.1, 0.15) is 0 Å². The highest BCUT2D eigenvalue weighted by Gasteiger charge is 2.20. The Hall–Kier alpha value is -2.24. The summed E-state index contributed by atoms with van der Waals surface area (Å²) in [6, 6.07) is 2.84. The first-order valence-electron chi connectivity index (χ1n) is 9.23. The molecule has 0 heterocycles. The van der Waals surface area contributed by atoms with Gasteiger partial charge in [-0.1, -0.05) is 33.1 Å². The Morgan fingerprint density at radius 2 is 1.68 bits per heavy atom. The van der Waals surface area contributed by atoms with E-state index >= 15 is 0 Å². The molecule has 0 aliphatic rings. The van der Waals surface area contributed by atoms with Gasteiger partial charge in [-0.15, -0.1) is 0 Å². The maximum Gasteiger partial charge on any atom is 0.200 e. The molecule has 0 N–H and O–H groups in total. The topological polar surface area (TPSA) is 18.5 Å². The normalized spacial score (nSPS) is 14.1. The second-order valence-corrected chi connectivity index (χ2v) is 6.91. The zero-order valence-corrected chi connectivity index (χ0v) is 16.9. The van der Waals surface area contributed by atoms with E-state index in [-0.39, 0.29) is 47.7 Å².